The van der Waals surface area contributed by atoms with Crippen LogP contribution in [-0.4, -0.2) is 10.9 Å². The third kappa shape index (κ3) is 2.87. The van der Waals surface area contributed by atoms with Gasteiger partial charge in [0, 0.05) is 11.6 Å². The molecule has 0 unspecified atom stereocenters. The lowest BCUT2D eigenvalue weighted by atomic mass is 10.2. The molecule has 0 aliphatic rings. The van der Waals surface area contributed by atoms with Crippen LogP contribution in [0.15, 0.2) is 22.6 Å². The Kier molecular flexibility index (Phi) is 3.88. The number of rotatable bonds is 3. The van der Waals surface area contributed by atoms with Crippen LogP contribution in [0.3, 0.4) is 0 Å². The predicted molar refractivity (Wildman–Crippen MR) is 74.4 cm³/mol. The van der Waals surface area contributed by atoms with Crippen LogP contribution in [0.4, 0.5) is 10.1 Å². The topological polar surface area (TPSA) is 55.1 Å². The summed E-state index contributed by atoms with van der Waals surface area (Å²) >= 11 is 0. The summed E-state index contributed by atoms with van der Waals surface area (Å²) in [5, 5.41) is 2.62. The molecule has 1 aromatic heterocycles. The molecule has 20 heavy (non-hydrogen) atoms. The molecule has 0 radical (unpaired) electrons. The first kappa shape index (κ1) is 14.2. The highest BCUT2D eigenvalue weighted by molar-refractivity contribution is 6.03. The molecule has 1 N–H and O–H groups in total. The highest BCUT2D eigenvalue weighted by Crippen LogP contribution is 2.19. The maximum Gasteiger partial charge on any atom is 0.277 e. The third-order valence-electron chi connectivity index (χ3n) is 2.95. The zero-order chi connectivity index (χ0) is 14.9. The number of carbonyl (C=O) groups is 1. The van der Waals surface area contributed by atoms with Crippen LogP contribution in [0.5, 0.6) is 0 Å². The number of nitrogens with one attached hydrogen (secondary N) is 1. The molecule has 0 atom stereocenters. The third-order valence-corrected chi connectivity index (χ3v) is 2.95. The van der Waals surface area contributed by atoms with Crippen molar-refractivity contribution in [2.24, 2.45) is 0 Å². The molecule has 0 saturated heterocycles. The van der Waals surface area contributed by atoms with Gasteiger partial charge >= 0.3 is 0 Å². The van der Waals surface area contributed by atoms with Crippen molar-refractivity contribution in [3.8, 4) is 0 Å². The minimum atomic E-state index is -0.401. The average Bonchev–Trinajstić information content (AvgIpc) is 2.76. The minimum Gasteiger partial charge on any atom is -0.445 e. The molecule has 106 valence electrons. The van der Waals surface area contributed by atoms with E-state index in [2.05, 4.69) is 10.3 Å². The first-order valence-corrected chi connectivity index (χ1v) is 6.43. The molecule has 5 heteroatoms. The minimum absolute atomic E-state index is 0.104. The van der Waals surface area contributed by atoms with Gasteiger partial charge in [-0.2, -0.15) is 0 Å². The molecule has 1 heterocycles. The van der Waals surface area contributed by atoms with Gasteiger partial charge in [0.15, 0.2) is 11.6 Å². The van der Waals surface area contributed by atoms with Gasteiger partial charge in [0.2, 0.25) is 0 Å². The van der Waals surface area contributed by atoms with Crippen molar-refractivity contribution in [3.05, 3.63) is 46.9 Å². The van der Waals surface area contributed by atoms with Crippen LogP contribution >= 0.6 is 0 Å². The highest BCUT2D eigenvalue weighted by Gasteiger charge is 2.18. The monoisotopic (exact) mass is 276 g/mol. The molecule has 1 amide bonds. The lowest BCUT2D eigenvalue weighted by Crippen LogP contribution is -2.14. The van der Waals surface area contributed by atoms with Gasteiger partial charge in [-0.1, -0.05) is 19.9 Å². The maximum absolute atomic E-state index is 13.4. The van der Waals surface area contributed by atoms with Gasteiger partial charge in [-0.25, -0.2) is 9.37 Å². The standard InChI is InChI=1S/C15H17FN2O2/c1-8(2)15-18-13(10(4)20-15)14(19)17-11-6-5-9(3)12(16)7-11/h5-8H,1-4H3,(H,17,19). The number of amides is 1. The number of aryl methyl sites for hydroxylation is 2. The highest BCUT2D eigenvalue weighted by atomic mass is 19.1. The van der Waals surface area contributed by atoms with Crippen molar-refractivity contribution in [1.82, 2.24) is 4.98 Å². The molecule has 0 aliphatic heterocycles. The van der Waals surface area contributed by atoms with Gasteiger partial charge in [0.05, 0.1) is 0 Å². The fourth-order valence-corrected chi connectivity index (χ4v) is 1.74. The number of hydrogen-bond donors (Lipinski definition) is 1. The van der Waals surface area contributed by atoms with Gasteiger partial charge in [0.25, 0.3) is 5.91 Å². The summed E-state index contributed by atoms with van der Waals surface area (Å²) in [5.74, 6) is 0.317. The number of nitrogens with zero attached hydrogens (tertiary/aromatic N) is 1. The summed E-state index contributed by atoms with van der Waals surface area (Å²) in [4.78, 5) is 16.3. The Morgan fingerprint density at radius 2 is 2.05 bits per heavy atom. The number of carbonyl (C=O) groups excluding carboxylic acids is 1. The molecule has 4 nitrogen and oxygen atoms in total. The molecule has 2 rings (SSSR count). The Balaban J connectivity index is 2.21. The van der Waals surface area contributed by atoms with E-state index in [0.29, 0.717) is 22.9 Å². The van der Waals surface area contributed by atoms with Gasteiger partial charge in [-0.15, -0.1) is 0 Å². The van der Waals surface area contributed by atoms with Crippen molar-refractivity contribution in [2.75, 3.05) is 5.32 Å². The first-order valence-electron chi connectivity index (χ1n) is 6.43. The summed E-state index contributed by atoms with van der Waals surface area (Å²) < 4.78 is 18.9. The van der Waals surface area contributed by atoms with Crippen LogP contribution in [-0.2, 0) is 0 Å². The smallest absolute Gasteiger partial charge is 0.277 e. The number of hydrogen-bond acceptors (Lipinski definition) is 3. The number of benzene rings is 1. The normalized spacial score (nSPS) is 10.9. The van der Waals surface area contributed by atoms with Gasteiger partial charge in [-0.05, 0) is 31.5 Å². The summed E-state index contributed by atoms with van der Waals surface area (Å²) in [6.45, 7) is 7.21. The van der Waals surface area contributed by atoms with Gasteiger partial charge in [-0.3, -0.25) is 4.79 Å². The molecule has 0 spiro atoms. The lowest BCUT2D eigenvalue weighted by molar-refractivity contribution is 0.102. The predicted octanol–water partition coefficient (Wildman–Crippen LogP) is 3.81. The summed E-state index contributed by atoms with van der Waals surface area (Å²) in [6.07, 6.45) is 0. The molecule has 0 fully saturated rings. The second-order valence-corrected chi connectivity index (χ2v) is 5.03. The average molecular weight is 276 g/mol. The van der Waals surface area contributed by atoms with E-state index < -0.39 is 5.91 Å². The largest absolute Gasteiger partial charge is 0.445 e. The molecule has 2 aromatic rings. The molecule has 0 saturated carbocycles. The van der Waals surface area contributed by atoms with E-state index in [1.165, 1.54) is 6.07 Å². The van der Waals surface area contributed by atoms with Gasteiger partial charge < -0.3 is 9.73 Å². The Morgan fingerprint density at radius 1 is 1.35 bits per heavy atom. The summed E-state index contributed by atoms with van der Waals surface area (Å²) in [6, 6.07) is 4.54. The van der Waals surface area contributed by atoms with E-state index in [1.54, 1.807) is 26.0 Å². The van der Waals surface area contributed by atoms with Crippen molar-refractivity contribution < 1.29 is 13.6 Å². The second-order valence-electron chi connectivity index (χ2n) is 5.03. The van der Waals surface area contributed by atoms with E-state index in [9.17, 15) is 9.18 Å². The van der Waals surface area contributed by atoms with Crippen LogP contribution < -0.4 is 5.32 Å². The Labute approximate surface area is 117 Å². The quantitative estimate of drug-likeness (QED) is 0.927. The number of anilines is 1. The van der Waals surface area contributed by atoms with Crippen LogP contribution in [0.2, 0.25) is 0 Å². The van der Waals surface area contributed by atoms with Crippen molar-refractivity contribution >= 4 is 11.6 Å². The van der Waals surface area contributed by atoms with Crippen molar-refractivity contribution in [3.63, 3.8) is 0 Å². The number of aromatic nitrogens is 1. The zero-order valence-corrected chi connectivity index (χ0v) is 12.0. The molecular weight excluding hydrogens is 259 g/mol. The van der Waals surface area contributed by atoms with E-state index in [4.69, 9.17) is 4.42 Å². The van der Waals surface area contributed by atoms with Crippen molar-refractivity contribution in [1.29, 1.82) is 0 Å². The Bertz CT molecular complexity index is 647. The lowest BCUT2D eigenvalue weighted by Gasteiger charge is -2.04. The van der Waals surface area contributed by atoms with Crippen LogP contribution in [0.25, 0.3) is 0 Å². The summed E-state index contributed by atoms with van der Waals surface area (Å²) in [7, 11) is 0. The van der Waals surface area contributed by atoms with Crippen LogP contribution in [0.1, 0.15) is 47.5 Å². The molecule has 0 bridgehead atoms. The van der Waals surface area contributed by atoms with E-state index in [0.717, 1.165) is 0 Å². The Hall–Kier alpha value is -2.17. The van der Waals surface area contributed by atoms with E-state index >= 15 is 0 Å². The fraction of sp³-hybridized carbons (Fsp3) is 0.333. The van der Waals surface area contributed by atoms with Gasteiger partial charge in [0.1, 0.15) is 11.6 Å². The number of halogens is 1. The SMILES string of the molecule is Cc1ccc(NC(=O)c2nc(C(C)C)oc2C)cc1F. The number of oxazole rings is 1. The van der Waals surface area contributed by atoms with Crippen molar-refractivity contribution in [2.45, 2.75) is 33.6 Å². The van der Waals surface area contributed by atoms with E-state index in [-0.39, 0.29) is 17.4 Å². The van der Waals surface area contributed by atoms with E-state index in [1.807, 2.05) is 13.8 Å². The molecule has 1 aromatic carbocycles. The van der Waals surface area contributed by atoms with Crippen LogP contribution in [0, 0.1) is 19.7 Å². The Morgan fingerprint density at radius 3 is 2.60 bits per heavy atom. The second kappa shape index (κ2) is 5.45. The molecule has 0 aliphatic carbocycles. The molecular formula is C15H17FN2O2. The summed E-state index contributed by atoms with van der Waals surface area (Å²) in [5.41, 5.74) is 1.16. The first-order chi connectivity index (χ1) is 9.38. The zero-order valence-electron chi connectivity index (χ0n) is 12.0. The maximum atomic E-state index is 13.4. The fourth-order valence-electron chi connectivity index (χ4n) is 1.74.